The van der Waals surface area contributed by atoms with Gasteiger partial charge in [0.05, 0.1) is 11.1 Å². The first-order valence-electron chi connectivity index (χ1n) is 6.90. The number of rotatable bonds is 4. The topological polar surface area (TPSA) is 35.2 Å². The summed E-state index contributed by atoms with van der Waals surface area (Å²) in [4.78, 5) is 0. The molecule has 0 atom stereocenters. The van der Waals surface area contributed by atoms with E-state index in [1.807, 2.05) is 6.07 Å². The van der Waals surface area contributed by atoms with E-state index in [0.29, 0.717) is 12.6 Å². The fraction of sp³-hybridized carbons (Fsp3) is 0.600. The molecule has 0 heterocycles. The van der Waals surface area contributed by atoms with E-state index in [1.165, 1.54) is 31.2 Å². The van der Waals surface area contributed by atoms with E-state index < -0.39 is 0 Å². The van der Waals surface area contributed by atoms with Crippen LogP contribution in [0.25, 0.3) is 0 Å². The molecule has 0 aromatic heterocycles. The van der Waals surface area contributed by atoms with E-state index in [0.717, 1.165) is 23.6 Å². The lowest BCUT2D eigenvalue weighted by Gasteiger charge is -2.28. The van der Waals surface area contributed by atoms with Gasteiger partial charge in [-0.3, -0.25) is 0 Å². The summed E-state index contributed by atoms with van der Waals surface area (Å²) >= 11 is 6.33. The predicted octanol–water partition coefficient (Wildman–Crippen LogP) is 3.65. The summed E-state index contributed by atoms with van der Waals surface area (Å²) in [6.07, 6.45) is 7.62. The third-order valence-electron chi connectivity index (χ3n) is 4.31. The minimum atomic E-state index is 0.155. The zero-order chi connectivity index (χ0) is 12.6. The molecule has 3 rings (SSSR count). The first-order valence-corrected chi connectivity index (χ1v) is 7.28. The average Bonchev–Trinajstić information content (AvgIpc) is 3.06. The van der Waals surface area contributed by atoms with Crippen molar-refractivity contribution in [3.8, 4) is 5.75 Å². The molecule has 2 aliphatic carbocycles. The molecule has 2 N–H and O–H groups in total. The molecule has 0 amide bonds. The predicted molar refractivity (Wildman–Crippen MR) is 74.3 cm³/mol. The van der Waals surface area contributed by atoms with Crippen LogP contribution in [0.3, 0.4) is 0 Å². The second-order valence-electron chi connectivity index (χ2n) is 5.65. The van der Waals surface area contributed by atoms with Gasteiger partial charge in [-0.25, -0.2) is 0 Å². The molecule has 0 spiro atoms. The molecule has 98 valence electrons. The van der Waals surface area contributed by atoms with Gasteiger partial charge in [0.15, 0.2) is 0 Å². The van der Waals surface area contributed by atoms with E-state index in [-0.39, 0.29) is 5.41 Å². The zero-order valence-electron chi connectivity index (χ0n) is 10.6. The summed E-state index contributed by atoms with van der Waals surface area (Å²) < 4.78 is 5.78. The van der Waals surface area contributed by atoms with Crippen molar-refractivity contribution in [3.63, 3.8) is 0 Å². The summed E-state index contributed by atoms with van der Waals surface area (Å²) in [6.45, 7) is 0.714. The van der Waals surface area contributed by atoms with Gasteiger partial charge in [0.25, 0.3) is 0 Å². The van der Waals surface area contributed by atoms with Crippen LogP contribution in [0.1, 0.15) is 44.1 Å². The summed E-state index contributed by atoms with van der Waals surface area (Å²) in [5.74, 6) is 0.827. The first kappa shape index (κ1) is 12.3. The minimum absolute atomic E-state index is 0.155. The van der Waals surface area contributed by atoms with Crippen molar-refractivity contribution in [3.05, 3.63) is 28.8 Å². The van der Waals surface area contributed by atoms with Crippen molar-refractivity contribution in [2.75, 3.05) is 6.54 Å². The highest BCUT2D eigenvalue weighted by Crippen LogP contribution is 2.42. The molecule has 2 aliphatic rings. The molecule has 0 unspecified atom stereocenters. The van der Waals surface area contributed by atoms with E-state index in [9.17, 15) is 0 Å². The molecule has 3 heteroatoms. The lowest BCUT2D eigenvalue weighted by atomic mass is 9.79. The van der Waals surface area contributed by atoms with Crippen LogP contribution in [0, 0.1) is 0 Å². The van der Waals surface area contributed by atoms with Crippen LogP contribution in [0.4, 0.5) is 0 Å². The third-order valence-corrected chi connectivity index (χ3v) is 4.61. The van der Waals surface area contributed by atoms with Crippen LogP contribution < -0.4 is 10.5 Å². The molecule has 1 aromatic carbocycles. The van der Waals surface area contributed by atoms with Gasteiger partial charge in [-0.05, 0) is 43.4 Å². The van der Waals surface area contributed by atoms with Crippen molar-refractivity contribution in [2.24, 2.45) is 5.73 Å². The Hall–Kier alpha value is -0.730. The number of hydrogen-bond acceptors (Lipinski definition) is 2. The largest absolute Gasteiger partial charge is 0.489 e. The van der Waals surface area contributed by atoms with Gasteiger partial charge in [-0.15, -0.1) is 0 Å². The van der Waals surface area contributed by atoms with Crippen molar-refractivity contribution in [1.82, 2.24) is 0 Å². The van der Waals surface area contributed by atoms with E-state index in [4.69, 9.17) is 22.1 Å². The second kappa shape index (κ2) is 4.75. The number of halogens is 1. The summed E-state index contributed by atoms with van der Waals surface area (Å²) in [5.41, 5.74) is 7.45. The Kier molecular flexibility index (Phi) is 3.25. The maximum Gasteiger partial charge on any atom is 0.138 e. The quantitative estimate of drug-likeness (QED) is 0.902. The summed E-state index contributed by atoms with van der Waals surface area (Å²) in [6, 6.07) is 6.24. The molecule has 0 aliphatic heterocycles. The second-order valence-corrected chi connectivity index (χ2v) is 6.06. The number of nitrogens with two attached hydrogens (primary N) is 1. The van der Waals surface area contributed by atoms with Crippen molar-refractivity contribution >= 4 is 11.6 Å². The van der Waals surface area contributed by atoms with E-state index in [2.05, 4.69) is 12.1 Å². The number of ether oxygens (including phenoxy) is 1. The number of hydrogen-bond donors (Lipinski definition) is 1. The maximum absolute atomic E-state index is 6.33. The average molecular weight is 266 g/mol. The molecule has 1 aromatic rings. The fourth-order valence-electron chi connectivity index (χ4n) is 2.95. The van der Waals surface area contributed by atoms with Crippen LogP contribution in [-0.4, -0.2) is 12.6 Å². The van der Waals surface area contributed by atoms with Gasteiger partial charge in [-0.1, -0.05) is 30.5 Å². The maximum atomic E-state index is 6.33. The van der Waals surface area contributed by atoms with E-state index >= 15 is 0 Å². The molecule has 2 nitrogen and oxygen atoms in total. The van der Waals surface area contributed by atoms with Gasteiger partial charge in [0.2, 0.25) is 0 Å². The Balaban J connectivity index is 1.86. The molecule has 2 saturated carbocycles. The summed E-state index contributed by atoms with van der Waals surface area (Å²) in [5, 5.41) is 0.735. The molecule has 18 heavy (non-hydrogen) atoms. The molecular formula is C15H20ClNO. The normalized spacial score (nSPS) is 22.1. The Morgan fingerprint density at radius 3 is 2.56 bits per heavy atom. The molecule has 2 fully saturated rings. The zero-order valence-corrected chi connectivity index (χ0v) is 11.4. The van der Waals surface area contributed by atoms with Gasteiger partial charge in [0.1, 0.15) is 5.75 Å². The smallest absolute Gasteiger partial charge is 0.138 e. The van der Waals surface area contributed by atoms with Crippen LogP contribution in [0.5, 0.6) is 5.75 Å². The van der Waals surface area contributed by atoms with Crippen LogP contribution >= 0.6 is 11.6 Å². The Morgan fingerprint density at radius 1 is 1.28 bits per heavy atom. The van der Waals surface area contributed by atoms with Gasteiger partial charge in [0, 0.05) is 12.0 Å². The van der Waals surface area contributed by atoms with Crippen molar-refractivity contribution in [2.45, 2.75) is 50.0 Å². The van der Waals surface area contributed by atoms with Gasteiger partial charge in [-0.2, -0.15) is 0 Å². The van der Waals surface area contributed by atoms with Crippen molar-refractivity contribution in [1.29, 1.82) is 0 Å². The highest BCUT2D eigenvalue weighted by molar-refractivity contribution is 6.32. The van der Waals surface area contributed by atoms with E-state index in [1.54, 1.807) is 0 Å². The molecule has 0 radical (unpaired) electrons. The Bertz CT molecular complexity index is 436. The third kappa shape index (κ3) is 2.24. The first-order chi connectivity index (χ1) is 8.73. The number of benzene rings is 1. The Morgan fingerprint density at radius 2 is 2.00 bits per heavy atom. The SMILES string of the molecule is NCC1(c2ccc(OC3CC3)c(Cl)c2)CCCC1. The van der Waals surface area contributed by atoms with Crippen molar-refractivity contribution < 1.29 is 4.74 Å². The van der Waals surface area contributed by atoms with Crippen LogP contribution in [0.15, 0.2) is 18.2 Å². The van der Waals surface area contributed by atoms with Crippen LogP contribution in [0.2, 0.25) is 5.02 Å². The lowest BCUT2D eigenvalue weighted by Crippen LogP contribution is -2.31. The lowest BCUT2D eigenvalue weighted by molar-refractivity contribution is 0.303. The highest BCUT2D eigenvalue weighted by Gasteiger charge is 2.34. The molecule has 0 saturated heterocycles. The fourth-order valence-corrected chi connectivity index (χ4v) is 3.18. The van der Waals surface area contributed by atoms with Gasteiger partial charge < -0.3 is 10.5 Å². The molecular weight excluding hydrogens is 246 g/mol. The highest BCUT2D eigenvalue weighted by atomic mass is 35.5. The minimum Gasteiger partial charge on any atom is -0.489 e. The summed E-state index contributed by atoms with van der Waals surface area (Å²) in [7, 11) is 0. The van der Waals surface area contributed by atoms with Gasteiger partial charge >= 0.3 is 0 Å². The monoisotopic (exact) mass is 265 g/mol. The van der Waals surface area contributed by atoms with Crippen LogP contribution in [-0.2, 0) is 5.41 Å². The standard InChI is InChI=1S/C15H20ClNO/c16-13-9-11(15(10-17)7-1-2-8-15)3-6-14(13)18-12-4-5-12/h3,6,9,12H,1-2,4-5,7-8,10,17H2. The Labute approximate surface area is 113 Å². The molecule has 0 bridgehead atoms.